The van der Waals surface area contributed by atoms with E-state index >= 15 is 0 Å². The SMILES string of the molecule is CCN(C(=O)C(=O)N1CCc2ccccc21)c1cccc(C)c1. The van der Waals surface area contributed by atoms with Gasteiger partial charge in [0.15, 0.2) is 0 Å². The summed E-state index contributed by atoms with van der Waals surface area (Å²) >= 11 is 0. The number of carbonyl (C=O) groups is 2. The van der Waals surface area contributed by atoms with Crippen LogP contribution in [0, 0.1) is 6.92 Å². The van der Waals surface area contributed by atoms with E-state index < -0.39 is 11.8 Å². The Kier molecular flexibility index (Phi) is 4.15. The lowest BCUT2D eigenvalue weighted by molar-refractivity contribution is -0.135. The van der Waals surface area contributed by atoms with Gasteiger partial charge in [0.25, 0.3) is 0 Å². The van der Waals surface area contributed by atoms with Crippen molar-refractivity contribution in [1.82, 2.24) is 0 Å². The molecule has 0 radical (unpaired) electrons. The number of hydrogen-bond donors (Lipinski definition) is 0. The van der Waals surface area contributed by atoms with Gasteiger partial charge in [-0.25, -0.2) is 0 Å². The Bertz CT molecular complexity index is 755. The van der Waals surface area contributed by atoms with E-state index in [1.807, 2.05) is 62.4 Å². The number of fused-ring (bicyclic) bond motifs is 1. The summed E-state index contributed by atoms with van der Waals surface area (Å²) in [7, 11) is 0. The van der Waals surface area contributed by atoms with E-state index in [1.165, 1.54) is 4.90 Å². The molecule has 1 aliphatic rings. The van der Waals surface area contributed by atoms with E-state index in [0.717, 1.165) is 28.9 Å². The Labute approximate surface area is 136 Å². The van der Waals surface area contributed by atoms with Gasteiger partial charge in [0, 0.05) is 24.5 Å². The summed E-state index contributed by atoms with van der Waals surface area (Å²) in [5.74, 6) is -0.937. The Morgan fingerprint density at radius 3 is 2.65 bits per heavy atom. The number of carbonyl (C=O) groups excluding carboxylic acids is 2. The second-order valence-electron chi connectivity index (χ2n) is 5.72. The highest BCUT2D eigenvalue weighted by molar-refractivity contribution is 6.45. The molecule has 0 unspecified atom stereocenters. The topological polar surface area (TPSA) is 40.6 Å². The number of amides is 2. The normalized spacial score (nSPS) is 12.9. The van der Waals surface area contributed by atoms with Gasteiger partial charge in [0.05, 0.1) is 0 Å². The van der Waals surface area contributed by atoms with Crippen molar-refractivity contribution in [3.05, 3.63) is 59.7 Å². The third kappa shape index (κ3) is 2.84. The summed E-state index contributed by atoms with van der Waals surface area (Å²) in [6, 6.07) is 15.4. The van der Waals surface area contributed by atoms with Crippen LogP contribution in [0.5, 0.6) is 0 Å². The third-order valence-corrected chi connectivity index (χ3v) is 4.19. The number of likely N-dealkylation sites (N-methyl/N-ethyl adjacent to an activating group) is 1. The highest BCUT2D eigenvalue weighted by Crippen LogP contribution is 2.28. The fraction of sp³-hybridized carbons (Fsp3) is 0.263. The standard InChI is InChI=1S/C19H20N2O2/c1-3-20(16-9-6-7-14(2)13-16)18(22)19(23)21-12-11-15-8-4-5-10-17(15)21/h4-10,13H,3,11-12H2,1-2H3. The Balaban J connectivity index is 1.86. The minimum Gasteiger partial charge on any atom is -0.304 e. The van der Waals surface area contributed by atoms with Crippen molar-refractivity contribution in [3.8, 4) is 0 Å². The molecule has 0 bridgehead atoms. The second kappa shape index (κ2) is 6.24. The largest absolute Gasteiger partial charge is 0.316 e. The first kappa shape index (κ1) is 15.3. The van der Waals surface area contributed by atoms with Gasteiger partial charge in [-0.05, 0) is 49.6 Å². The monoisotopic (exact) mass is 308 g/mol. The van der Waals surface area contributed by atoms with Crippen molar-refractivity contribution in [2.75, 3.05) is 22.9 Å². The third-order valence-electron chi connectivity index (χ3n) is 4.19. The molecule has 0 aromatic heterocycles. The lowest BCUT2D eigenvalue weighted by atomic mass is 10.2. The molecule has 4 nitrogen and oxygen atoms in total. The van der Waals surface area contributed by atoms with Crippen molar-refractivity contribution in [1.29, 1.82) is 0 Å². The van der Waals surface area contributed by atoms with Gasteiger partial charge >= 0.3 is 11.8 Å². The summed E-state index contributed by atoms with van der Waals surface area (Å²) in [4.78, 5) is 28.6. The minimum absolute atomic E-state index is 0.460. The van der Waals surface area contributed by atoms with Crippen LogP contribution in [-0.4, -0.2) is 24.9 Å². The van der Waals surface area contributed by atoms with Crippen molar-refractivity contribution in [2.45, 2.75) is 20.3 Å². The number of rotatable bonds is 2. The molecule has 2 amide bonds. The number of benzene rings is 2. The van der Waals surface area contributed by atoms with Crippen LogP contribution in [0.25, 0.3) is 0 Å². The summed E-state index contributed by atoms with van der Waals surface area (Å²) in [6.07, 6.45) is 0.797. The number of hydrogen-bond acceptors (Lipinski definition) is 2. The van der Waals surface area contributed by atoms with Gasteiger partial charge in [-0.15, -0.1) is 0 Å². The fourth-order valence-corrected chi connectivity index (χ4v) is 3.02. The van der Waals surface area contributed by atoms with Gasteiger partial charge in [0.2, 0.25) is 0 Å². The summed E-state index contributed by atoms with van der Waals surface area (Å²) < 4.78 is 0. The van der Waals surface area contributed by atoms with Crippen LogP contribution in [-0.2, 0) is 16.0 Å². The van der Waals surface area contributed by atoms with Crippen LogP contribution >= 0.6 is 0 Å². The summed E-state index contributed by atoms with van der Waals surface area (Å²) in [5.41, 5.74) is 3.80. The van der Waals surface area contributed by atoms with Crippen molar-refractivity contribution in [3.63, 3.8) is 0 Å². The molecule has 0 spiro atoms. The molecule has 118 valence electrons. The fourth-order valence-electron chi connectivity index (χ4n) is 3.02. The maximum absolute atomic E-state index is 12.7. The van der Waals surface area contributed by atoms with E-state index in [1.54, 1.807) is 4.90 Å². The first-order valence-electron chi connectivity index (χ1n) is 7.89. The molecule has 1 aliphatic heterocycles. The van der Waals surface area contributed by atoms with Crippen molar-refractivity contribution < 1.29 is 9.59 Å². The predicted octanol–water partition coefficient (Wildman–Crippen LogP) is 2.94. The van der Waals surface area contributed by atoms with E-state index in [4.69, 9.17) is 0 Å². The number of anilines is 2. The second-order valence-corrected chi connectivity index (χ2v) is 5.72. The molecule has 4 heteroatoms. The summed E-state index contributed by atoms with van der Waals surface area (Å²) in [6.45, 7) is 4.88. The van der Waals surface area contributed by atoms with E-state index in [2.05, 4.69) is 0 Å². The van der Waals surface area contributed by atoms with Crippen molar-refractivity contribution >= 4 is 23.2 Å². The first-order valence-corrected chi connectivity index (χ1v) is 7.89. The zero-order valence-electron chi connectivity index (χ0n) is 13.5. The van der Waals surface area contributed by atoms with Crippen LogP contribution in [0.15, 0.2) is 48.5 Å². The molecule has 0 N–H and O–H groups in total. The average Bonchev–Trinajstić information content (AvgIpc) is 2.99. The molecule has 0 saturated carbocycles. The maximum atomic E-state index is 12.7. The van der Waals surface area contributed by atoms with Crippen LogP contribution < -0.4 is 9.80 Å². The quantitative estimate of drug-likeness (QED) is 0.800. The van der Waals surface area contributed by atoms with Crippen LogP contribution in [0.2, 0.25) is 0 Å². The molecule has 3 rings (SSSR count). The molecule has 23 heavy (non-hydrogen) atoms. The lowest BCUT2D eigenvalue weighted by Crippen LogP contribution is -2.45. The van der Waals surface area contributed by atoms with Gasteiger partial charge < -0.3 is 9.80 Å². The highest BCUT2D eigenvalue weighted by atomic mass is 16.2. The highest BCUT2D eigenvalue weighted by Gasteiger charge is 2.32. The zero-order valence-corrected chi connectivity index (χ0v) is 13.5. The van der Waals surface area contributed by atoms with Gasteiger partial charge in [-0.2, -0.15) is 0 Å². The molecule has 0 aliphatic carbocycles. The minimum atomic E-state index is -0.477. The molecular weight excluding hydrogens is 288 g/mol. The molecule has 2 aromatic carbocycles. The lowest BCUT2D eigenvalue weighted by Gasteiger charge is -2.24. The number of para-hydroxylation sites is 1. The molecule has 0 saturated heterocycles. The molecular formula is C19H20N2O2. The van der Waals surface area contributed by atoms with Crippen LogP contribution in [0.3, 0.4) is 0 Å². The van der Waals surface area contributed by atoms with Gasteiger partial charge in [-0.3, -0.25) is 9.59 Å². The van der Waals surface area contributed by atoms with E-state index in [0.29, 0.717) is 13.1 Å². The van der Waals surface area contributed by atoms with Gasteiger partial charge in [0.1, 0.15) is 0 Å². The van der Waals surface area contributed by atoms with E-state index in [-0.39, 0.29) is 0 Å². The van der Waals surface area contributed by atoms with Crippen LogP contribution in [0.1, 0.15) is 18.1 Å². The van der Waals surface area contributed by atoms with E-state index in [9.17, 15) is 9.59 Å². The zero-order chi connectivity index (χ0) is 16.4. The average molecular weight is 308 g/mol. The van der Waals surface area contributed by atoms with Crippen molar-refractivity contribution in [2.24, 2.45) is 0 Å². The first-order chi connectivity index (χ1) is 11.1. The smallest absolute Gasteiger partial charge is 0.304 e. The molecule has 2 aromatic rings. The summed E-state index contributed by atoms with van der Waals surface area (Å²) in [5, 5.41) is 0. The predicted molar refractivity (Wildman–Crippen MR) is 91.7 cm³/mol. The Morgan fingerprint density at radius 2 is 1.91 bits per heavy atom. The number of nitrogens with zero attached hydrogens (tertiary/aromatic N) is 2. The maximum Gasteiger partial charge on any atom is 0.316 e. The Morgan fingerprint density at radius 1 is 1.13 bits per heavy atom. The Hall–Kier alpha value is -2.62. The van der Waals surface area contributed by atoms with Gasteiger partial charge in [-0.1, -0.05) is 30.3 Å². The van der Waals surface area contributed by atoms with Crippen LogP contribution in [0.4, 0.5) is 11.4 Å². The number of aryl methyl sites for hydroxylation is 1. The molecule has 0 fully saturated rings. The molecule has 1 heterocycles. The molecule has 0 atom stereocenters.